The highest BCUT2D eigenvalue weighted by Crippen LogP contribution is 2.34. The van der Waals surface area contributed by atoms with E-state index in [1.54, 1.807) is 0 Å². The molecular weight excluding hydrogens is 306 g/mol. The summed E-state index contributed by atoms with van der Waals surface area (Å²) in [5.74, 6) is 0.757. The summed E-state index contributed by atoms with van der Waals surface area (Å²) in [4.78, 5) is 16.9. The smallest absolute Gasteiger partial charge is 0.323 e. The Morgan fingerprint density at radius 3 is 2.79 bits per heavy atom. The van der Waals surface area contributed by atoms with Crippen molar-refractivity contribution in [3.8, 4) is 0 Å². The predicted octanol–water partition coefficient (Wildman–Crippen LogP) is 3.61. The van der Waals surface area contributed by atoms with Gasteiger partial charge in [0.1, 0.15) is 0 Å². The maximum Gasteiger partial charge on any atom is 0.323 e. The number of nitrogens with one attached hydrogen (secondary N) is 3. The average Bonchev–Trinajstić information content (AvgIpc) is 2.95. The number of fused-ring (bicyclic) bond motifs is 1. The predicted molar refractivity (Wildman–Crippen MR) is 81.7 cm³/mol. The van der Waals surface area contributed by atoms with Crippen molar-refractivity contribution in [2.75, 3.05) is 5.32 Å². The van der Waals surface area contributed by atoms with Gasteiger partial charge in [0.05, 0.1) is 16.7 Å². The van der Waals surface area contributed by atoms with E-state index in [-0.39, 0.29) is 5.69 Å². The molecule has 0 spiro atoms. The third-order valence-corrected chi connectivity index (χ3v) is 4.78. The summed E-state index contributed by atoms with van der Waals surface area (Å²) >= 11 is 3.58. The van der Waals surface area contributed by atoms with Crippen LogP contribution in [0.2, 0.25) is 0 Å². The monoisotopic (exact) mass is 323 g/mol. The largest absolute Gasteiger partial charge is 0.381 e. The molecule has 0 saturated heterocycles. The van der Waals surface area contributed by atoms with Gasteiger partial charge in [0.15, 0.2) is 0 Å². The van der Waals surface area contributed by atoms with Gasteiger partial charge in [-0.25, -0.2) is 4.79 Å². The highest BCUT2D eigenvalue weighted by Gasteiger charge is 2.26. The van der Waals surface area contributed by atoms with E-state index in [1.807, 2.05) is 12.1 Å². The first kappa shape index (κ1) is 12.8. The molecule has 0 amide bonds. The Kier molecular flexibility index (Phi) is 3.39. The molecule has 1 aliphatic carbocycles. The van der Waals surface area contributed by atoms with Crippen molar-refractivity contribution >= 4 is 32.7 Å². The summed E-state index contributed by atoms with van der Waals surface area (Å²) in [5, 5.41) is 3.63. The molecule has 3 rings (SSSR count). The van der Waals surface area contributed by atoms with E-state index in [2.05, 4.69) is 38.1 Å². The highest BCUT2D eigenvalue weighted by molar-refractivity contribution is 9.10. The van der Waals surface area contributed by atoms with E-state index in [1.165, 1.54) is 25.7 Å². The van der Waals surface area contributed by atoms with Crippen LogP contribution in [-0.2, 0) is 0 Å². The van der Waals surface area contributed by atoms with Crippen molar-refractivity contribution in [1.29, 1.82) is 0 Å². The van der Waals surface area contributed by atoms with Gasteiger partial charge in [-0.05, 0) is 46.8 Å². The van der Waals surface area contributed by atoms with E-state index in [0.29, 0.717) is 6.04 Å². The number of aromatic nitrogens is 2. The fourth-order valence-corrected chi connectivity index (χ4v) is 3.54. The Morgan fingerprint density at radius 2 is 2.05 bits per heavy atom. The van der Waals surface area contributed by atoms with Crippen LogP contribution < -0.4 is 11.0 Å². The lowest BCUT2D eigenvalue weighted by Gasteiger charge is -2.21. The lowest BCUT2D eigenvalue weighted by molar-refractivity contribution is 0.489. The van der Waals surface area contributed by atoms with E-state index < -0.39 is 0 Å². The van der Waals surface area contributed by atoms with Crippen molar-refractivity contribution in [3.63, 3.8) is 0 Å². The minimum Gasteiger partial charge on any atom is -0.381 e. The van der Waals surface area contributed by atoms with Crippen LogP contribution >= 0.6 is 15.9 Å². The van der Waals surface area contributed by atoms with E-state index in [0.717, 1.165) is 27.1 Å². The molecule has 1 fully saturated rings. The van der Waals surface area contributed by atoms with Gasteiger partial charge in [-0.2, -0.15) is 0 Å². The standard InChI is InChI=1S/C14H18BrN3O/c1-2-8-4-3-5-10(8)16-11-7-13-12(6-9(11)15)17-14(19)18-13/h6-8,10,16H,2-5H2,1H3,(H2,17,18,19). The molecule has 1 aromatic carbocycles. The molecule has 1 aromatic heterocycles. The summed E-state index contributed by atoms with van der Waals surface area (Å²) in [5.41, 5.74) is 2.59. The average molecular weight is 324 g/mol. The molecule has 0 bridgehead atoms. The fourth-order valence-electron chi connectivity index (χ4n) is 3.08. The van der Waals surface area contributed by atoms with E-state index in [9.17, 15) is 4.79 Å². The van der Waals surface area contributed by atoms with Gasteiger partial charge in [-0.15, -0.1) is 0 Å². The van der Waals surface area contributed by atoms with Crippen molar-refractivity contribution in [2.45, 2.75) is 38.6 Å². The van der Waals surface area contributed by atoms with Crippen LogP contribution in [0.1, 0.15) is 32.6 Å². The molecule has 0 aliphatic heterocycles. The Hall–Kier alpha value is -1.23. The quantitative estimate of drug-likeness (QED) is 0.808. The third kappa shape index (κ3) is 2.43. The Balaban J connectivity index is 1.91. The lowest BCUT2D eigenvalue weighted by atomic mass is 10.0. The fraction of sp³-hybridized carbons (Fsp3) is 0.500. The third-order valence-electron chi connectivity index (χ3n) is 4.13. The molecule has 2 atom stereocenters. The summed E-state index contributed by atoms with van der Waals surface area (Å²) in [6.07, 6.45) is 5.07. The molecular formula is C14H18BrN3O. The molecule has 1 saturated carbocycles. The molecule has 19 heavy (non-hydrogen) atoms. The van der Waals surface area contributed by atoms with Gasteiger partial charge >= 0.3 is 5.69 Å². The van der Waals surface area contributed by atoms with Gasteiger partial charge in [0.2, 0.25) is 0 Å². The summed E-state index contributed by atoms with van der Waals surface area (Å²) in [6.45, 7) is 2.26. The second kappa shape index (κ2) is 5.04. The maximum absolute atomic E-state index is 11.3. The number of benzene rings is 1. The van der Waals surface area contributed by atoms with Crippen molar-refractivity contribution in [3.05, 3.63) is 27.1 Å². The molecule has 4 nitrogen and oxygen atoms in total. The Bertz CT molecular complexity index is 646. The molecule has 1 heterocycles. The maximum atomic E-state index is 11.3. The van der Waals surface area contributed by atoms with Crippen LogP contribution in [0.15, 0.2) is 21.4 Å². The lowest BCUT2D eigenvalue weighted by Crippen LogP contribution is -2.23. The number of hydrogen-bond acceptors (Lipinski definition) is 2. The minimum atomic E-state index is -0.161. The number of aromatic amines is 2. The summed E-state index contributed by atoms with van der Waals surface area (Å²) < 4.78 is 0.997. The SMILES string of the molecule is CCC1CCCC1Nc1cc2[nH]c(=O)[nH]c2cc1Br. The number of anilines is 1. The number of imidazole rings is 1. The Morgan fingerprint density at radius 1 is 1.32 bits per heavy atom. The first-order chi connectivity index (χ1) is 9.17. The first-order valence-corrected chi connectivity index (χ1v) is 7.64. The number of halogens is 1. The first-order valence-electron chi connectivity index (χ1n) is 6.85. The van der Waals surface area contributed by atoms with Crippen LogP contribution in [0, 0.1) is 5.92 Å². The van der Waals surface area contributed by atoms with Gasteiger partial charge in [-0.3, -0.25) is 0 Å². The van der Waals surface area contributed by atoms with Gasteiger partial charge in [0.25, 0.3) is 0 Å². The normalized spacial score (nSPS) is 23.1. The molecule has 2 aromatic rings. The number of hydrogen-bond donors (Lipinski definition) is 3. The summed E-state index contributed by atoms with van der Waals surface area (Å²) in [6, 6.07) is 4.50. The zero-order chi connectivity index (χ0) is 13.4. The van der Waals surface area contributed by atoms with Crippen molar-refractivity contribution in [2.24, 2.45) is 5.92 Å². The van der Waals surface area contributed by atoms with Crippen molar-refractivity contribution < 1.29 is 0 Å². The summed E-state index contributed by atoms with van der Waals surface area (Å²) in [7, 11) is 0. The van der Waals surface area contributed by atoms with Crippen LogP contribution in [0.4, 0.5) is 5.69 Å². The topological polar surface area (TPSA) is 60.7 Å². The molecule has 1 aliphatic rings. The van der Waals surface area contributed by atoms with Crippen molar-refractivity contribution in [1.82, 2.24) is 9.97 Å². The minimum absolute atomic E-state index is 0.161. The van der Waals surface area contributed by atoms with Crippen LogP contribution in [0.5, 0.6) is 0 Å². The van der Waals surface area contributed by atoms with E-state index in [4.69, 9.17) is 0 Å². The van der Waals surface area contributed by atoms with Gasteiger partial charge in [0, 0.05) is 10.5 Å². The molecule has 5 heteroatoms. The Labute approximate surface area is 120 Å². The van der Waals surface area contributed by atoms with Crippen LogP contribution in [0.25, 0.3) is 11.0 Å². The highest BCUT2D eigenvalue weighted by atomic mass is 79.9. The molecule has 0 radical (unpaired) electrons. The second-order valence-electron chi connectivity index (χ2n) is 5.31. The van der Waals surface area contributed by atoms with Gasteiger partial charge < -0.3 is 15.3 Å². The zero-order valence-electron chi connectivity index (χ0n) is 10.9. The van der Waals surface area contributed by atoms with Crippen LogP contribution in [0.3, 0.4) is 0 Å². The van der Waals surface area contributed by atoms with Crippen LogP contribution in [-0.4, -0.2) is 16.0 Å². The van der Waals surface area contributed by atoms with E-state index >= 15 is 0 Å². The zero-order valence-corrected chi connectivity index (χ0v) is 12.5. The molecule has 3 N–H and O–H groups in total. The second-order valence-corrected chi connectivity index (χ2v) is 6.16. The number of H-pyrrole nitrogens is 2. The molecule has 102 valence electrons. The van der Waals surface area contributed by atoms with Gasteiger partial charge in [-0.1, -0.05) is 19.8 Å². The molecule has 2 unspecified atom stereocenters. The number of rotatable bonds is 3.